The Morgan fingerprint density at radius 3 is 1.11 bits per heavy atom. The average Bonchev–Trinajstić information content (AvgIpc) is 2.39. The van der Waals surface area contributed by atoms with Gasteiger partial charge < -0.3 is 5.32 Å². The Kier molecular flexibility index (Phi) is 15.9. The van der Waals surface area contributed by atoms with Crippen LogP contribution in [0, 0.1) is 0 Å². The fourth-order valence-electron chi connectivity index (χ4n) is 2.54. The predicted octanol–water partition coefficient (Wildman–Crippen LogP) is 5.18. The predicted molar refractivity (Wildman–Crippen MR) is 97.1 cm³/mol. The highest BCUT2D eigenvalue weighted by Gasteiger charge is 2.07. The third-order valence-electron chi connectivity index (χ3n) is 3.37. The van der Waals surface area contributed by atoms with Crippen LogP contribution in [0.5, 0.6) is 0 Å². The number of hydrogen-bond acceptors (Lipinski definition) is 1. The Morgan fingerprint density at radius 1 is 0.526 bits per heavy atom. The minimum Gasteiger partial charge on any atom is -0.316 e. The lowest BCUT2D eigenvalue weighted by molar-refractivity contribution is 0.766. The van der Waals surface area contributed by atoms with Crippen molar-refractivity contribution in [3.05, 3.63) is 0 Å². The molecule has 3 heteroatoms. The largest absolute Gasteiger partial charge is 0.316 e. The zero-order chi connectivity index (χ0) is 14.3. The van der Waals surface area contributed by atoms with Crippen molar-refractivity contribution in [2.75, 3.05) is 50.1 Å². The summed E-state index contributed by atoms with van der Waals surface area (Å²) in [7, 11) is 0.673. The first-order chi connectivity index (χ1) is 9.28. The van der Waals surface area contributed by atoms with Crippen LogP contribution in [0.2, 0.25) is 0 Å². The number of nitrogens with one attached hydrogen (secondary N) is 1. The first kappa shape index (κ1) is 19.8. The molecule has 19 heavy (non-hydrogen) atoms. The molecule has 0 aromatic rings. The first-order valence-electron chi connectivity index (χ1n) is 8.43. The van der Waals surface area contributed by atoms with Crippen molar-refractivity contribution >= 4 is 15.8 Å². The van der Waals surface area contributed by atoms with E-state index in [0.717, 1.165) is 0 Å². The van der Waals surface area contributed by atoms with Gasteiger partial charge in [-0.3, -0.25) is 0 Å². The van der Waals surface area contributed by atoms with Crippen molar-refractivity contribution in [2.24, 2.45) is 0 Å². The lowest BCUT2D eigenvalue weighted by atomic mass is 10.6. The normalized spacial score (nSPS) is 11.7. The molecule has 1 N–H and O–H groups in total. The van der Waals surface area contributed by atoms with Crippen molar-refractivity contribution in [3.8, 4) is 0 Å². The van der Waals surface area contributed by atoms with Gasteiger partial charge in [-0.1, -0.05) is 53.4 Å². The quantitative estimate of drug-likeness (QED) is 0.344. The minimum atomic E-state index is 0.337. The molecule has 0 bridgehead atoms. The van der Waals surface area contributed by atoms with Gasteiger partial charge in [-0.25, -0.2) is 0 Å². The monoisotopic (exact) mass is 305 g/mol. The van der Waals surface area contributed by atoms with Crippen molar-refractivity contribution in [1.82, 2.24) is 5.32 Å². The molecule has 0 aromatic heterocycles. The second-order valence-electron chi connectivity index (χ2n) is 5.43. The summed E-state index contributed by atoms with van der Waals surface area (Å²) >= 11 is 0. The van der Waals surface area contributed by atoms with E-state index in [-0.39, 0.29) is 0 Å². The van der Waals surface area contributed by atoms with E-state index in [1.54, 1.807) is 0 Å². The molecule has 0 heterocycles. The smallest absolute Gasteiger partial charge is 0.000935 e. The second kappa shape index (κ2) is 15.2. The first-order valence-corrected chi connectivity index (χ1v) is 12.2. The second-order valence-corrected chi connectivity index (χ2v) is 10.8. The van der Waals surface area contributed by atoms with Crippen LogP contribution in [0.4, 0.5) is 0 Å². The molecule has 0 unspecified atom stereocenters. The van der Waals surface area contributed by atoms with Gasteiger partial charge in [-0.2, -0.15) is 0 Å². The minimum absolute atomic E-state index is 0.337. The van der Waals surface area contributed by atoms with Gasteiger partial charge >= 0.3 is 0 Å². The van der Waals surface area contributed by atoms with Crippen LogP contribution in [0.3, 0.4) is 0 Å². The SMILES string of the molecule is CCCP(CCC)CCNCCP(CCC)CCC. The van der Waals surface area contributed by atoms with Crippen LogP contribution in [-0.4, -0.2) is 50.1 Å². The Labute approximate surface area is 125 Å². The molecular formula is C16H37NP2. The number of hydrogen-bond donors (Lipinski definition) is 1. The third-order valence-corrected chi connectivity index (χ3v) is 9.40. The maximum absolute atomic E-state index is 3.71. The van der Waals surface area contributed by atoms with Crippen LogP contribution >= 0.6 is 15.8 Å². The molecule has 0 aliphatic carbocycles. The van der Waals surface area contributed by atoms with Crippen molar-refractivity contribution < 1.29 is 0 Å². The van der Waals surface area contributed by atoms with Gasteiger partial charge in [0.1, 0.15) is 0 Å². The van der Waals surface area contributed by atoms with E-state index in [1.165, 1.54) is 75.7 Å². The molecule has 0 aromatic carbocycles. The van der Waals surface area contributed by atoms with Crippen molar-refractivity contribution in [3.63, 3.8) is 0 Å². The van der Waals surface area contributed by atoms with E-state index in [9.17, 15) is 0 Å². The van der Waals surface area contributed by atoms with E-state index in [1.807, 2.05) is 0 Å². The van der Waals surface area contributed by atoms with E-state index in [0.29, 0.717) is 15.8 Å². The summed E-state index contributed by atoms with van der Waals surface area (Å²) < 4.78 is 0. The molecule has 0 fully saturated rings. The highest BCUT2D eigenvalue weighted by molar-refractivity contribution is 7.57. The summed E-state index contributed by atoms with van der Waals surface area (Å²) in [4.78, 5) is 0. The van der Waals surface area contributed by atoms with E-state index < -0.39 is 0 Å². The van der Waals surface area contributed by atoms with Gasteiger partial charge in [0.05, 0.1) is 0 Å². The van der Waals surface area contributed by atoms with Crippen LogP contribution in [-0.2, 0) is 0 Å². The van der Waals surface area contributed by atoms with Gasteiger partial charge in [0.25, 0.3) is 0 Å². The average molecular weight is 305 g/mol. The van der Waals surface area contributed by atoms with Gasteiger partial charge in [0.2, 0.25) is 0 Å². The summed E-state index contributed by atoms with van der Waals surface area (Å²) in [6.07, 6.45) is 14.4. The molecule has 0 atom stereocenters. The molecule has 0 saturated heterocycles. The lowest BCUT2D eigenvalue weighted by Crippen LogP contribution is -2.22. The Morgan fingerprint density at radius 2 is 0.842 bits per heavy atom. The summed E-state index contributed by atoms with van der Waals surface area (Å²) in [5.74, 6) is 0. The summed E-state index contributed by atoms with van der Waals surface area (Å²) in [5.41, 5.74) is 0. The Hall–Kier alpha value is 0.820. The highest BCUT2D eigenvalue weighted by Crippen LogP contribution is 2.37. The van der Waals surface area contributed by atoms with Gasteiger partial charge in [0.15, 0.2) is 0 Å². The van der Waals surface area contributed by atoms with E-state index in [2.05, 4.69) is 33.0 Å². The molecule has 1 nitrogen and oxygen atoms in total. The van der Waals surface area contributed by atoms with Crippen LogP contribution in [0.15, 0.2) is 0 Å². The van der Waals surface area contributed by atoms with Crippen molar-refractivity contribution in [2.45, 2.75) is 53.4 Å². The lowest BCUT2D eigenvalue weighted by Gasteiger charge is -2.18. The topological polar surface area (TPSA) is 12.0 Å². The fraction of sp³-hybridized carbons (Fsp3) is 1.00. The van der Waals surface area contributed by atoms with Crippen LogP contribution < -0.4 is 5.32 Å². The third kappa shape index (κ3) is 12.3. The summed E-state index contributed by atoms with van der Waals surface area (Å²) in [5, 5.41) is 3.71. The molecular weight excluding hydrogens is 268 g/mol. The maximum atomic E-state index is 3.71. The Bertz CT molecular complexity index is 146. The summed E-state index contributed by atoms with van der Waals surface area (Å²) in [6.45, 7) is 11.9. The van der Waals surface area contributed by atoms with Crippen LogP contribution in [0.25, 0.3) is 0 Å². The zero-order valence-electron chi connectivity index (χ0n) is 13.9. The standard InChI is InChI=1S/C16H37NP2/c1-5-11-18(12-6-2)15-9-17-10-16-19(13-7-3)14-8-4/h17H,5-16H2,1-4H3. The molecule has 0 radical (unpaired) electrons. The molecule has 0 rings (SSSR count). The van der Waals surface area contributed by atoms with Crippen LogP contribution in [0.1, 0.15) is 53.4 Å². The molecule has 0 aliphatic rings. The van der Waals surface area contributed by atoms with E-state index >= 15 is 0 Å². The highest BCUT2D eigenvalue weighted by atomic mass is 31.1. The molecule has 116 valence electrons. The molecule has 0 amide bonds. The fourth-order valence-corrected chi connectivity index (χ4v) is 7.36. The molecule has 0 aliphatic heterocycles. The van der Waals surface area contributed by atoms with Gasteiger partial charge in [-0.05, 0) is 50.1 Å². The number of rotatable bonds is 14. The van der Waals surface area contributed by atoms with Gasteiger partial charge in [-0.15, -0.1) is 15.8 Å². The molecule has 0 saturated carbocycles. The zero-order valence-corrected chi connectivity index (χ0v) is 15.7. The Balaban J connectivity index is 3.59. The summed E-state index contributed by atoms with van der Waals surface area (Å²) in [6, 6.07) is 0. The van der Waals surface area contributed by atoms with Crippen molar-refractivity contribution in [1.29, 1.82) is 0 Å². The maximum Gasteiger partial charge on any atom is -0.000935 e. The van der Waals surface area contributed by atoms with E-state index in [4.69, 9.17) is 0 Å². The molecule has 0 spiro atoms. The van der Waals surface area contributed by atoms with Gasteiger partial charge in [0, 0.05) is 0 Å².